The van der Waals surface area contributed by atoms with Crippen LogP contribution in [0.15, 0.2) is 30.5 Å². The fraction of sp³-hybridized carbons (Fsp3) is 0.400. The van der Waals surface area contributed by atoms with E-state index in [1.54, 1.807) is 0 Å². The van der Waals surface area contributed by atoms with Crippen LogP contribution in [0, 0.1) is 0 Å². The summed E-state index contributed by atoms with van der Waals surface area (Å²) in [6.45, 7) is 5.60. The van der Waals surface area contributed by atoms with Gasteiger partial charge in [-0.15, -0.1) is 0 Å². The van der Waals surface area contributed by atoms with Crippen LogP contribution in [0.1, 0.15) is 25.1 Å². The largest absolute Gasteiger partial charge is 0.494 e. The van der Waals surface area contributed by atoms with Gasteiger partial charge in [-0.05, 0) is 31.0 Å². The van der Waals surface area contributed by atoms with Gasteiger partial charge in [0.05, 0.1) is 18.0 Å². The molecule has 0 bridgehead atoms. The van der Waals surface area contributed by atoms with Crippen molar-refractivity contribution in [1.82, 2.24) is 9.78 Å². The number of hydrogen-bond acceptors (Lipinski definition) is 3. The molecule has 1 aromatic heterocycles. The monoisotopic (exact) mass is 259 g/mol. The molecule has 4 nitrogen and oxygen atoms in total. The highest BCUT2D eigenvalue weighted by atomic mass is 16.5. The number of nitrogens with one attached hydrogen (secondary N) is 1. The van der Waals surface area contributed by atoms with E-state index in [-0.39, 0.29) is 0 Å². The summed E-state index contributed by atoms with van der Waals surface area (Å²) in [6.07, 6.45) is 2.96. The highest BCUT2D eigenvalue weighted by molar-refractivity contribution is 5.47. The first-order valence-electron chi connectivity index (χ1n) is 6.71. The Morgan fingerprint density at radius 1 is 1.21 bits per heavy atom. The minimum atomic E-state index is 0.702. The van der Waals surface area contributed by atoms with Gasteiger partial charge in [0.25, 0.3) is 0 Å². The third-order valence-electron chi connectivity index (χ3n) is 2.96. The lowest BCUT2D eigenvalue weighted by molar-refractivity contribution is 0.340. The van der Waals surface area contributed by atoms with Gasteiger partial charge in [-0.1, -0.05) is 19.1 Å². The van der Waals surface area contributed by atoms with Crippen LogP contribution in [-0.4, -0.2) is 16.4 Å². The lowest BCUT2D eigenvalue weighted by atomic mass is 10.2. The second kappa shape index (κ2) is 6.27. The zero-order chi connectivity index (χ0) is 13.7. The Morgan fingerprint density at radius 2 is 1.95 bits per heavy atom. The van der Waals surface area contributed by atoms with Crippen LogP contribution in [-0.2, 0) is 20.0 Å². The first-order valence-corrected chi connectivity index (χ1v) is 6.71. The van der Waals surface area contributed by atoms with Gasteiger partial charge in [0.1, 0.15) is 5.75 Å². The van der Waals surface area contributed by atoms with Gasteiger partial charge in [-0.2, -0.15) is 5.10 Å². The molecule has 0 spiro atoms. The summed E-state index contributed by atoms with van der Waals surface area (Å²) >= 11 is 0. The number of ether oxygens (including phenoxy) is 1. The Morgan fingerprint density at radius 3 is 2.58 bits per heavy atom. The Kier molecular flexibility index (Phi) is 4.44. The fourth-order valence-corrected chi connectivity index (χ4v) is 2.01. The number of rotatable bonds is 6. The quantitative estimate of drug-likeness (QED) is 0.866. The number of benzene rings is 1. The van der Waals surface area contributed by atoms with Crippen LogP contribution in [0.4, 0.5) is 5.69 Å². The summed E-state index contributed by atoms with van der Waals surface area (Å²) in [7, 11) is 1.95. The minimum absolute atomic E-state index is 0.702. The van der Waals surface area contributed by atoms with Gasteiger partial charge in [0, 0.05) is 19.8 Å². The molecule has 0 unspecified atom stereocenters. The number of anilines is 1. The highest BCUT2D eigenvalue weighted by Gasteiger charge is 2.05. The standard InChI is InChI=1S/C15H21N3O/c1-4-14-15(11-18(3)17-14)16-10-12-6-8-13(9-7-12)19-5-2/h6-9,11,16H,4-5,10H2,1-3H3. The number of aromatic nitrogens is 2. The predicted molar refractivity (Wildman–Crippen MR) is 77.5 cm³/mol. The van der Waals surface area contributed by atoms with Gasteiger partial charge >= 0.3 is 0 Å². The zero-order valence-electron chi connectivity index (χ0n) is 11.8. The normalized spacial score (nSPS) is 10.5. The zero-order valence-corrected chi connectivity index (χ0v) is 11.8. The third kappa shape index (κ3) is 3.50. The second-order valence-electron chi connectivity index (χ2n) is 4.45. The molecule has 0 radical (unpaired) electrons. The number of hydrogen-bond donors (Lipinski definition) is 1. The molecule has 2 rings (SSSR count). The van der Waals surface area contributed by atoms with Crippen molar-refractivity contribution in [1.29, 1.82) is 0 Å². The van der Waals surface area contributed by atoms with Crippen LogP contribution in [0.2, 0.25) is 0 Å². The van der Waals surface area contributed by atoms with E-state index in [0.717, 1.165) is 30.1 Å². The van der Waals surface area contributed by atoms with Crippen molar-refractivity contribution in [3.63, 3.8) is 0 Å². The molecule has 0 aliphatic rings. The van der Waals surface area contributed by atoms with Crippen molar-refractivity contribution in [3.05, 3.63) is 41.7 Å². The molecule has 0 aliphatic carbocycles. The third-order valence-corrected chi connectivity index (χ3v) is 2.96. The van der Waals surface area contributed by atoms with E-state index in [0.29, 0.717) is 6.61 Å². The Hall–Kier alpha value is -1.97. The van der Waals surface area contributed by atoms with Crippen LogP contribution in [0.3, 0.4) is 0 Å². The molecule has 0 saturated heterocycles. The van der Waals surface area contributed by atoms with Crippen molar-refractivity contribution in [2.75, 3.05) is 11.9 Å². The molecule has 1 heterocycles. The van der Waals surface area contributed by atoms with Crippen LogP contribution < -0.4 is 10.1 Å². The minimum Gasteiger partial charge on any atom is -0.494 e. The maximum absolute atomic E-state index is 5.43. The smallest absolute Gasteiger partial charge is 0.119 e. The molecule has 19 heavy (non-hydrogen) atoms. The van der Waals surface area contributed by atoms with Crippen molar-refractivity contribution in [2.24, 2.45) is 7.05 Å². The summed E-state index contributed by atoms with van der Waals surface area (Å²) in [4.78, 5) is 0. The molecular weight excluding hydrogens is 238 g/mol. The van der Waals surface area contributed by atoms with Gasteiger partial charge < -0.3 is 10.1 Å². The maximum atomic E-state index is 5.43. The van der Waals surface area contributed by atoms with Gasteiger partial charge in [-0.25, -0.2) is 0 Å². The van der Waals surface area contributed by atoms with E-state index < -0.39 is 0 Å². The molecule has 0 aliphatic heterocycles. The van der Waals surface area contributed by atoms with Crippen molar-refractivity contribution in [2.45, 2.75) is 26.8 Å². The Bertz CT molecular complexity index is 517. The Balaban J connectivity index is 1.97. The average Bonchev–Trinajstić information content (AvgIpc) is 2.79. The highest BCUT2D eigenvalue weighted by Crippen LogP contribution is 2.16. The summed E-state index contributed by atoms with van der Waals surface area (Å²) in [5.74, 6) is 0.918. The van der Waals surface area contributed by atoms with E-state index in [1.165, 1.54) is 5.56 Å². The van der Waals surface area contributed by atoms with Crippen molar-refractivity contribution >= 4 is 5.69 Å². The molecule has 0 atom stereocenters. The topological polar surface area (TPSA) is 39.1 Å². The molecule has 102 valence electrons. The SMILES string of the molecule is CCOc1ccc(CNc2cn(C)nc2CC)cc1. The van der Waals surface area contributed by atoms with Crippen LogP contribution in [0.5, 0.6) is 5.75 Å². The molecule has 0 fully saturated rings. The van der Waals surface area contributed by atoms with E-state index in [4.69, 9.17) is 4.74 Å². The lowest BCUT2D eigenvalue weighted by Crippen LogP contribution is -2.01. The van der Waals surface area contributed by atoms with Crippen molar-refractivity contribution < 1.29 is 4.74 Å². The summed E-state index contributed by atoms with van der Waals surface area (Å²) < 4.78 is 7.28. The maximum Gasteiger partial charge on any atom is 0.119 e. The lowest BCUT2D eigenvalue weighted by Gasteiger charge is -2.07. The molecule has 0 amide bonds. The van der Waals surface area contributed by atoms with Crippen molar-refractivity contribution in [3.8, 4) is 5.75 Å². The first-order chi connectivity index (χ1) is 9.22. The second-order valence-corrected chi connectivity index (χ2v) is 4.45. The summed E-state index contributed by atoms with van der Waals surface area (Å²) in [6, 6.07) is 8.18. The summed E-state index contributed by atoms with van der Waals surface area (Å²) in [5, 5.41) is 7.84. The first kappa shape index (κ1) is 13.5. The molecule has 4 heteroatoms. The van der Waals surface area contributed by atoms with Gasteiger partial charge in [0.15, 0.2) is 0 Å². The van der Waals surface area contributed by atoms with Crippen LogP contribution in [0.25, 0.3) is 0 Å². The van der Waals surface area contributed by atoms with E-state index >= 15 is 0 Å². The molecule has 1 aromatic carbocycles. The Labute approximate surface area is 114 Å². The van der Waals surface area contributed by atoms with E-state index in [1.807, 2.05) is 37.0 Å². The summed E-state index contributed by atoms with van der Waals surface area (Å²) in [5.41, 5.74) is 3.45. The van der Waals surface area contributed by atoms with Crippen LogP contribution >= 0.6 is 0 Å². The van der Waals surface area contributed by atoms with Gasteiger partial charge in [0.2, 0.25) is 0 Å². The molecule has 0 saturated carbocycles. The number of aryl methyl sites for hydroxylation is 2. The average molecular weight is 259 g/mol. The molecular formula is C15H21N3O. The van der Waals surface area contributed by atoms with Gasteiger partial charge in [-0.3, -0.25) is 4.68 Å². The fourth-order valence-electron chi connectivity index (χ4n) is 2.01. The molecule has 1 N–H and O–H groups in total. The molecule has 2 aromatic rings. The number of nitrogens with zero attached hydrogens (tertiary/aromatic N) is 2. The van der Waals surface area contributed by atoms with E-state index in [9.17, 15) is 0 Å². The predicted octanol–water partition coefficient (Wildman–Crippen LogP) is 2.99. The van der Waals surface area contributed by atoms with E-state index in [2.05, 4.69) is 29.5 Å².